The summed E-state index contributed by atoms with van der Waals surface area (Å²) in [6.45, 7) is 1.37. The standard InChI is InChI=1S/C24H20N6O3/c1-16(31)25-19-12-8-11-18(15-19)23(32)27-28-24(33)21-26-22(17-9-4-2-5-10-17)30(29-21)20-13-6-3-7-14-20/h2-15H,1H3,(H,25,31)(H,27,32)(H,28,33). The lowest BCUT2D eigenvalue weighted by atomic mass is 10.2. The van der Waals surface area contributed by atoms with Gasteiger partial charge in [0, 0.05) is 23.7 Å². The van der Waals surface area contributed by atoms with E-state index in [2.05, 4.69) is 26.3 Å². The molecule has 9 nitrogen and oxygen atoms in total. The highest BCUT2D eigenvalue weighted by Gasteiger charge is 2.19. The number of rotatable bonds is 5. The van der Waals surface area contributed by atoms with Gasteiger partial charge in [-0.25, -0.2) is 9.67 Å². The number of carbonyl (C=O) groups excluding carboxylic acids is 3. The van der Waals surface area contributed by atoms with Crippen molar-refractivity contribution in [2.45, 2.75) is 6.92 Å². The summed E-state index contributed by atoms with van der Waals surface area (Å²) in [6.07, 6.45) is 0. The van der Waals surface area contributed by atoms with Crippen LogP contribution in [0.5, 0.6) is 0 Å². The summed E-state index contributed by atoms with van der Waals surface area (Å²) in [5.74, 6) is -1.10. The molecule has 0 saturated carbocycles. The third-order valence-corrected chi connectivity index (χ3v) is 4.58. The predicted octanol–water partition coefficient (Wildman–Crippen LogP) is 2.97. The first-order valence-corrected chi connectivity index (χ1v) is 10.1. The van der Waals surface area contributed by atoms with Gasteiger partial charge in [0.25, 0.3) is 5.91 Å². The highest BCUT2D eigenvalue weighted by Crippen LogP contribution is 2.21. The van der Waals surface area contributed by atoms with Gasteiger partial charge >= 0.3 is 5.91 Å². The van der Waals surface area contributed by atoms with Crippen LogP contribution in [-0.2, 0) is 4.79 Å². The van der Waals surface area contributed by atoms with Gasteiger partial charge in [-0.2, -0.15) is 0 Å². The summed E-state index contributed by atoms with van der Waals surface area (Å²) >= 11 is 0. The molecular formula is C24H20N6O3. The molecule has 3 N–H and O–H groups in total. The van der Waals surface area contributed by atoms with Crippen molar-refractivity contribution in [1.82, 2.24) is 25.6 Å². The average Bonchev–Trinajstić information content (AvgIpc) is 3.29. The van der Waals surface area contributed by atoms with Crippen molar-refractivity contribution in [3.8, 4) is 17.1 Å². The second-order valence-corrected chi connectivity index (χ2v) is 7.04. The quantitative estimate of drug-likeness (QED) is 0.413. The third kappa shape index (κ3) is 5.10. The van der Waals surface area contributed by atoms with Crippen molar-refractivity contribution in [3.63, 3.8) is 0 Å². The Labute approximate surface area is 189 Å². The van der Waals surface area contributed by atoms with Crippen molar-refractivity contribution in [2.24, 2.45) is 0 Å². The maximum absolute atomic E-state index is 12.7. The molecule has 33 heavy (non-hydrogen) atoms. The van der Waals surface area contributed by atoms with Crippen molar-refractivity contribution in [3.05, 3.63) is 96.3 Å². The Morgan fingerprint density at radius 2 is 1.45 bits per heavy atom. The SMILES string of the molecule is CC(=O)Nc1cccc(C(=O)NNC(=O)c2nc(-c3ccccc3)n(-c3ccccc3)n2)c1. The normalized spacial score (nSPS) is 10.3. The van der Waals surface area contributed by atoms with Gasteiger partial charge in [0.1, 0.15) is 0 Å². The molecule has 3 aromatic carbocycles. The molecule has 1 aromatic heterocycles. The Bertz CT molecular complexity index is 1250. The number of hydrogen-bond donors (Lipinski definition) is 3. The molecule has 0 aliphatic rings. The summed E-state index contributed by atoms with van der Waals surface area (Å²) in [5, 5.41) is 6.95. The molecule has 0 aliphatic heterocycles. The number of anilines is 1. The van der Waals surface area contributed by atoms with Crippen LogP contribution >= 0.6 is 0 Å². The van der Waals surface area contributed by atoms with E-state index >= 15 is 0 Å². The zero-order chi connectivity index (χ0) is 23.2. The summed E-state index contributed by atoms with van der Waals surface area (Å²) in [7, 11) is 0. The van der Waals surface area contributed by atoms with E-state index in [-0.39, 0.29) is 17.3 Å². The highest BCUT2D eigenvalue weighted by molar-refractivity contribution is 5.99. The number of nitrogens with one attached hydrogen (secondary N) is 3. The summed E-state index contributed by atoms with van der Waals surface area (Å²) in [5.41, 5.74) is 6.93. The van der Waals surface area contributed by atoms with Gasteiger partial charge in [0.05, 0.1) is 5.69 Å². The number of amides is 3. The second kappa shape index (κ2) is 9.56. The predicted molar refractivity (Wildman–Crippen MR) is 122 cm³/mol. The van der Waals surface area contributed by atoms with E-state index in [1.54, 1.807) is 22.9 Å². The van der Waals surface area contributed by atoms with Crippen LogP contribution in [0.25, 0.3) is 17.1 Å². The Balaban J connectivity index is 1.54. The van der Waals surface area contributed by atoms with Gasteiger partial charge in [-0.05, 0) is 30.3 Å². The van der Waals surface area contributed by atoms with Crippen LogP contribution in [0.3, 0.4) is 0 Å². The van der Waals surface area contributed by atoms with E-state index in [1.165, 1.54) is 13.0 Å². The van der Waals surface area contributed by atoms with E-state index in [9.17, 15) is 14.4 Å². The van der Waals surface area contributed by atoms with Crippen molar-refractivity contribution in [2.75, 3.05) is 5.32 Å². The first-order valence-electron chi connectivity index (χ1n) is 10.1. The molecule has 3 amide bonds. The van der Waals surface area contributed by atoms with Crippen molar-refractivity contribution < 1.29 is 14.4 Å². The molecule has 9 heteroatoms. The molecule has 0 aliphatic carbocycles. The molecule has 0 saturated heterocycles. The van der Waals surface area contributed by atoms with Crippen molar-refractivity contribution in [1.29, 1.82) is 0 Å². The molecule has 0 radical (unpaired) electrons. The van der Waals surface area contributed by atoms with Gasteiger partial charge in [-0.1, -0.05) is 54.6 Å². The largest absolute Gasteiger partial charge is 0.326 e. The van der Waals surface area contributed by atoms with Gasteiger partial charge in [0.15, 0.2) is 5.82 Å². The number of hydrazine groups is 1. The number of aromatic nitrogens is 3. The van der Waals surface area contributed by atoms with E-state index in [0.29, 0.717) is 11.5 Å². The number of benzene rings is 3. The second-order valence-electron chi connectivity index (χ2n) is 7.04. The zero-order valence-corrected chi connectivity index (χ0v) is 17.6. The summed E-state index contributed by atoms with van der Waals surface area (Å²) in [4.78, 5) is 40.8. The number of nitrogens with zero attached hydrogens (tertiary/aromatic N) is 3. The smallest absolute Gasteiger partial charge is 0.309 e. The molecule has 0 fully saturated rings. The fourth-order valence-corrected chi connectivity index (χ4v) is 3.11. The van der Waals surface area contributed by atoms with Gasteiger partial charge in [-0.3, -0.25) is 25.2 Å². The minimum absolute atomic E-state index is 0.106. The highest BCUT2D eigenvalue weighted by atomic mass is 16.2. The Morgan fingerprint density at radius 1 is 0.788 bits per heavy atom. The molecule has 1 heterocycles. The average molecular weight is 440 g/mol. The third-order valence-electron chi connectivity index (χ3n) is 4.58. The molecule has 4 rings (SSSR count). The monoisotopic (exact) mass is 440 g/mol. The molecule has 0 spiro atoms. The lowest BCUT2D eigenvalue weighted by molar-refractivity contribution is -0.114. The van der Waals surface area contributed by atoms with E-state index in [0.717, 1.165) is 11.3 Å². The summed E-state index contributed by atoms with van der Waals surface area (Å²) in [6, 6.07) is 25.0. The van der Waals surface area contributed by atoms with E-state index in [1.807, 2.05) is 60.7 Å². The Hall–Kier alpha value is -4.79. The minimum Gasteiger partial charge on any atom is -0.326 e. The zero-order valence-electron chi connectivity index (χ0n) is 17.6. The molecule has 0 bridgehead atoms. The van der Waals surface area contributed by atoms with Crippen LogP contribution in [0.2, 0.25) is 0 Å². The molecule has 4 aromatic rings. The van der Waals surface area contributed by atoms with Crippen LogP contribution in [-0.4, -0.2) is 32.5 Å². The van der Waals surface area contributed by atoms with Gasteiger partial charge < -0.3 is 5.32 Å². The number of carbonyl (C=O) groups is 3. The maximum atomic E-state index is 12.7. The molecular weight excluding hydrogens is 420 g/mol. The first-order chi connectivity index (χ1) is 16.0. The molecule has 164 valence electrons. The lowest BCUT2D eigenvalue weighted by Gasteiger charge is -2.07. The van der Waals surface area contributed by atoms with Crippen LogP contribution in [0.15, 0.2) is 84.9 Å². The fraction of sp³-hybridized carbons (Fsp3) is 0.0417. The summed E-state index contributed by atoms with van der Waals surface area (Å²) < 4.78 is 1.57. The van der Waals surface area contributed by atoms with Crippen LogP contribution < -0.4 is 16.2 Å². The number of hydrogen-bond acceptors (Lipinski definition) is 5. The fourth-order valence-electron chi connectivity index (χ4n) is 3.11. The topological polar surface area (TPSA) is 118 Å². The van der Waals surface area contributed by atoms with Gasteiger partial charge in [0.2, 0.25) is 11.7 Å². The Morgan fingerprint density at radius 3 is 2.15 bits per heavy atom. The van der Waals surface area contributed by atoms with E-state index in [4.69, 9.17) is 0 Å². The lowest BCUT2D eigenvalue weighted by Crippen LogP contribution is -2.42. The first kappa shape index (κ1) is 21.4. The minimum atomic E-state index is -0.673. The van der Waals surface area contributed by atoms with E-state index < -0.39 is 11.8 Å². The maximum Gasteiger partial charge on any atom is 0.309 e. The van der Waals surface area contributed by atoms with Crippen LogP contribution in [0.1, 0.15) is 27.9 Å². The van der Waals surface area contributed by atoms with Crippen LogP contribution in [0, 0.1) is 0 Å². The van der Waals surface area contributed by atoms with Crippen LogP contribution in [0.4, 0.5) is 5.69 Å². The molecule has 0 atom stereocenters. The number of para-hydroxylation sites is 1. The van der Waals surface area contributed by atoms with Gasteiger partial charge in [-0.15, -0.1) is 5.10 Å². The molecule has 0 unspecified atom stereocenters. The van der Waals surface area contributed by atoms with Crippen molar-refractivity contribution >= 4 is 23.4 Å². The Kier molecular flexibility index (Phi) is 6.21.